The maximum absolute atomic E-state index is 12.3. The van der Waals surface area contributed by atoms with E-state index in [1.54, 1.807) is 13.2 Å². The van der Waals surface area contributed by atoms with E-state index in [2.05, 4.69) is 0 Å². The van der Waals surface area contributed by atoms with E-state index in [-0.39, 0.29) is 5.97 Å². The zero-order valence-electron chi connectivity index (χ0n) is 13.7. The molecule has 3 nitrogen and oxygen atoms in total. The van der Waals surface area contributed by atoms with Crippen LogP contribution in [0.15, 0.2) is 78.4 Å². The molecule has 0 radical (unpaired) electrons. The highest BCUT2D eigenvalue weighted by Gasteiger charge is 2.22. The Bertz CT molecular complexity index is 1010. The maximum atomic E-state index is 12.3. The number of esters is 1. The highest BCUT2D eigenvalue weighted by Crippen LogP contribution is 2.33. The number of carbonyl (C=O) groups is 1. The van der Waals surface area contributed by atoms with Gasteiger partial charge < -0.3 is 9.47 Å². The highest BCUT2D eigenvalue weighted by atomic mass is 16.5. The fraction of sp³-hybridized carbons (Fsp3) is 0.0455. The number of ether oxygens (including phenoxy) is 2. The fourth-order valence-corrected chi connectivity index (χ4v) is 2.99. The summed E-state index contributed by atoms with van der Waals surface area (Å²) in [5.74, 6) is 0.936. The van der Waals surface area contributed by atoms with Gasteiger partial charge >= 0.3 is 5.97 Å². The Labute approximate surface area is 145 Å². The fourth-order valence-electron chi connectivity index (χ4n) is 2.99. The van der Waals surface area contributed by atoms with E-state index in [1.807, 2.05) is 72.8 Å². The van der Waals surface area contributed by atoms with Crippen LogP contribution in [0.1, 0.15) is 11.1 Å². The van der Waals surface area contributed by atoms with Crippen LogP contribution in [0.2, 0.25) is 0 Å². The van der Waals surface area contributed by atoms with Crippen LogP contribution in [0.4, 0.5) is 0 Å². The van der Waals surface area contributed by atoms with Crippen LogP contribution in [0.3, 0.4) is 0 Å². The normalized spacial score (nSPS) is 15.3. The minimum atomic E-state index is -0.353. The molecular weight excluding hydrogens is 312 g/mol. The van der Waals surface area contributed by atoms with Gasteiger partial charge in [0.2, 0.25) is 0 Å². The largest absolute Gasteiger partial charge is 0.496 e. The lowest BCUT2D eigenvalue weighted by Gasteiger charge is -2.09. The van der Waals surface area contributed by atoms with Gasteiger partial charge in [-0.3, -0.25) is 0 Å². The molecule has 1 heterocycles. The zero-order chi connectivity index (χ0) is 17.2. The third kappa shape index (κ3) is 2.81. The van der Waals surface area contributed by atoms with Crippen LogP contribution in [-0.2, 0) is 9.53 Å². The first-order valence-electron chi connectivity index (χ1n) is 8.03. The number of benzene rings is 3. The van der Waals surface area contributed by atoms with Crippen molar-refractivity contribution in [3.63, 3.8) is 0 Å². The summed E-state index contributed by atoms with van der Waals surface area (Å²) in [6, 6.07) is 21.5. The van der Waals surface area contributed by atoms with Crippen LogP contribution in [0.5, 0.6) is 5.75 Å². The van der Waals surface area contributed by atoms with Gasteiger partial charge in [0.05, 0.1) is 12.7 Å². The lowest BCUT2D eigenvalue weighted by molar-refractivity contribution is -0.130. The molecule has 0 aromatic heterocycles. The van der Waals surface area contributed by atoms with E-state index >= 15 is 0 Å². The van der Waals surface area contributed by atoms with Gasteiger partial charge in [0.1, 0.15) is 11.5 Å². The predicted octanol–water partition coefficient (Wildman–Crippen LogP) is 4.83. The topological polar surface area (TPSA) is 35.5 Å². The minimum Gasteiger partial charge on any atom is -0.496 e. The Hall–Kier alpha value is -3.33. The summed E-state index contributed by atoms with van der Waals surface area (Å²) in [5.41, 5.74) is 2.26. The van der Waals surface area contributed by atoms with Crippen LogP contribution in [0, 0.1) is 0 Å². The maximum Gasteiger partial charge on any atom is 0.343 e. The van der Waals surface area contributed by atoms with Crippen molar-refractivity contribution in [1.29, 1.82) is 0 Å². The van der Waals surface area contributed by atoms with E-state index in [0.29, 0.717) is 11.3 Å². The van der Waals surface area contributed by atoms with Gasteiger partial charge in [-0.25, -0.2) is 4.79 Å². The van der Waals surface area contributed by atoms with Crippen molar-refractivity contribution in [1.82, 2.24) is 0 Å². The van der Waals surface area contributed by atoms with Gasteiger partial charge in [0.15, 0.2) is 0 Å². The lowest BCUT2D eigenvalue weighted by atomic mass is 10.0. The van der Waals surface area contributed by atoms with E-state index in [9.17, 15) is 4.79 Å². The molecule has 4 rings (SSSR count). The number of fused-ring (bicyclic) bond motifs is 1. The van der Waals surface area contributed by atoms with Crippen LogP contribution < -0.4 is 4.74 Å². The molecule has 0 N–H and O–H groups in total. The smallest absolute Gasteiger partial charge is 0.343 e. The first-order chi connectivity index (χ1) is 12.3. The van der Waals surface area contributed by atoms with E-state index in [1.165, 1.54) is 0 Å². The molecule has 25 heavy (non-hydrogen) atoms. The van der Waals surface area contributed by atoms with Crippen molar-refractivity contribution >= 4 is 28.6 Å². The molecule has 0 atom stereocenters. The first kappa shape index (κ1) is 15.2. The van der Waals surface area contributed by atoms with Crippen LogP contribution >= 0.6 is 0 Å². The average molecular weight is 328 g/mol. The third-order valence-electron chi connectivity index (χ3n) is 4.23. The number of cyclic esters (lactones) is 1. The molecule has 0 saturated heterocycles. The molecule has 0 saturated carbocycles. The lowest BCUT2D eigenvalue weighted by Crippen LogP contribution is -1.98. The van der Waals surface area contributed by atoms with E-state index < -0.39 is 0 Å². The van der Waals surface area contributed by atoms with Crippen LogP contribution in [0.25, 0.3) is 22.6 Å². The summed E-state index contributed by atoms with van der Waals surface area (Å²) in [7, 11) is 1.63. The van der Waals surface area contributed by atoms with Gasteiger partial charge in [-0.05, 0) is 29.0 Å². The second kappa shape index (κ2) is 6.29. The number of rotatable bonds is 3. The summed E-state index contributed by atoms with van der Waals surface area (Å²) < 4.78 is 10.9. The Morgan fingerprint density at radius 1 is 0.920 bits per heavy atom. The molecule has 0 aliphatic carbocycles. The Balaban J connectivity index is 1.85. The van der Waals surface area contributed by atoms with Crippen molar-refractivity contribution in [2.24, 2.45) is 0 Å². The molecule has 1 aliphatic rings. The number of methoxy groups -OCH3 is 1. The molecule has 0 bridgehead atoms. The Morgan fingerprint density at radius 2 is 1.68 bits per heavy atom. The summed E-state index contributed by atoms with van der Waals surface area (Å²) in [5, 5.41) is 2.12. The second-order valence-corrected chi connectivity index (χ2v) is 5.77. The molecular formula is C22H16O3. The average Bonchev–Trinajstić information content (AvgIpc) is 3.03. The van der Waals surface area contributed by atoms with Crippen molar-refractivity contribution in [2.75, 3.05) is 7.11 Å². The molecule has 3 heteroatoms. The minimum absolute atomic E-state index is 0.353. The third-order valence-corrected chi connectivity index (χ3v) is 4.23. The van der Waals surface area contributed by atoms with Gasteiger partial charge in [-0.2, -0.15) is 0 Å². The van der Waals surface area contributed by atoms with Crippen molar-refractivity contribution in [3.8, 4) is 5.75 Å². The molecule has 0 spiro atoms. The summed E-state index contributed by atoms with van der Waals surface area (Å²) in [6.45, 7) is 0. The van der Waals surface area contributed by atoms with Gasteiger partial charge in [0.25, 0.3) is 0 Å². The summed E-state index contributed by atoms with van der Waals surface area (Å²) in [4.78, 5) is 12.3. The van der Waals surface area contributed by atoms with E-state index in [0.717, 1.165) is 27.6 Å². The van der Waals surface area contributed by atoms with Gasteiger partial charge in [0, 0.05) is 11.1 Å². The Kier molecular flexibility index (Phi) is 3.82. The number of hydrogen-bond acceptors (Lipinski definition) is 3. The Morgan fingerprint density at radius 3 is 2.48 bits per heavy atom. The molecule has 0 fully saturated rings. The van der Waals surface area contributed by atoms with Crippen molar-refractivity contribution < 1.29 is 14.3 Å². The van der Waals surface area contributed by atoms with Gasteiger partial charge in [-0.1, -0.05) is 60.7 Å². The molecule has 3 aromatic carbocycles. The number of carbonyl (C=O) groups excluding carboxylic acids is 1. The van der Waals surface area contributed by atoms with Crippen LogP contribution in [-0.4, -0.2) is 13.1 Å². The molecule has 0 unspecified atom stereocenters. The summed E-state index contributed by atoms with van der Waals surface area (Å²) in [6.07, 6.45) is 3.61. The van der Waals surface area contributed by atoms with Crippen molar-refractivity contribution in [3.05, 3.63) is 89.5 Å². The molecule has 1 aliphatic heterocycles. The molecule has 122 valence electrons. The molecule has 0 amide bonds. The van der Waals surface area contributed by atoms with Crippen molar-refractivity contribution in [2.45, 2.75) is 0 Å². The van der Waals surface area contributed by atoms with Gasteiger partial charge in [-0.15, -0.1) is 0 Å². The molecule has 3 aromatic rings. The highest BCUT2D eigenvalue weighted by molar-refractivity contribution is 6.07. The zero-order valence-corrected chi connectivity index (χ0v) is 13.7. The summed E-state index contributed by atoms with van der Waals surface area (Å²) >= 11 is 0. The quantitative estimate of drug-likeness (QED) is 0.510. The SMILES string of the molecule is COc1ccc2ccccc2c1/C=C1/C=C(c2ccccc2)OC1=O. The monoisotopic (exact) mass is 328 g/mol. The van der Waals surface area contributed by atoms with E-state index in [4.69, 9.17) is 9.47 Å². The number of hydrogen-bond donors (Lipinski definition) is 0. The predicted molar refractivity (Wildman–Crippen MR) is 99.0 cm³/mol. The second-order valence-electron chi connectivity index (χ2n) is 5.77. The standard InChI is InChI=1S/C22H16O3/c1-24-20-12-11-15-7-5-6-10-18(15)19(20)13-17-14-21(25-22(17)23)16-8-3-2-4-9-16/h2-14H,1H3/b17-13-. The first-order valence-corrected chi connectivity index (χ1v) is 8.03.